The smallest absolute Gasteiger partial charge is 0.414 e. The zero-order chi connectivity index (χ0) is 22.4. The highest BCUT2D eigenvalue weighted by Gasteiger charge is 2.15. The van der Waals surface area contributed by atoms with Gasteiger partial charge in [0.1, 0.15) is 0 Å². The van der Waals surface area contributed by atoms with Crippen molar-refractivity contribution in [3.63, 3.8) is 0 Å². The van der Waals surface area contributed by atoms with Gasteiger partial charge in [0, 0.05) is 23.7 Å². The highest BCUT2D eigenvalue weighted by Crippen LogP contribution is 2.31. The Hall–Kier alpha value is -2.90. The molecule has 0 fully saturated rings. The standard InChI is InChI=1S/C24H28N4O2S/c1-5-28(3)11-10-17-14-21(29-4)22(12-16(17)2)30-24(31)27-23(25)19-13-18-8-6-7-9-20(18)26-15-19/h6-9,12-15H,5,10-11H2,1-4H3,(H2,25,27,31)/p+1. The topological polar surface area (TPSA) is 70.8 Å². The number of amidine groups is 1. The molecule has 0 unspecified atom stereocenters. The number of aromatic nitrogens is 1. The van der Waals surface area contributed by atoms with Gasteiger partial charge in [-0.1, -0.05) is 25.1 Å². The summed E-state index contributed by atoms with van der Waals surface area (Å²) in [5.41, 5.74) is 3.82. The number of fused-ring (bicyclic) bond motifs is 1. The molecule has 2 aromatic carbocycles. The Bertz CT molecular complexity index is 1110. The third-order valence-corrected chi connectivity index (χ3v) is 5.42. The van der Waals surface area contributed by atoms with Crippen molar-refractivity contribution in [3.05, 3.63) is 65.4 Å². The Morgan fingerprint density at radius 3 is 2.71 bits per heavy atom. The van der Waals surface area contributed by atoms with E-state index in [1.165, 1.54) is 5.56 Å². The first kappa shape index (κ1) is 22.8. The van der Waals surface area contributed by atoms with Crippen molar-refractivity contribution in [1.82, 2.24) is 9.88 Å². The van der Waals surface area contributed by atoms with Crippen molar-refractivity contribution in [2.75, 3.05) is 27.2 Å². The van der Waals surface area contributed by atoms with Crippen molar-refractivity contribution in [1.29, 1.82) is 5.41 Å². The lowest BCUT2D eigenvalue weighted by Gasteiger charge is -2.16. The quantitative estimate of drug-likeness (QED) is 0.347. The minimum atomic E-state index is 0.0539. The number of pyridine rings is 1. The van der Waals surface area contributed by atoms with Crippen LogP contribution in [0.15, 0.2) is 53.7 Å². The van der Waals surface area contributed by atoms with Crippen LogP contribution >= 0.6 is 0 Å². The second kappa shape index (κ2) is 10.4. The lowest BCUT2D eigenvalue weighted by molar-refractivity contribution is 0.356. The van der Waals surface area contributed by atoms with Crippen LogP contribution in [0.2, 0.25) is 0 Å². The van der Waals surface area contributed by atoms with Gasteiger partial charge < -0.3 is 14.4 Å². The van der Waals surface area contributed by atoms with Gasteiger partial charge in [-0.3, -0.25) is 10.4 Å². The van der Waals surface area contributed by atoms with E-state index in [4.69, 9.17) is 14.9 Å². The van der Waals surface area contributed by atoms with Gasteiger partial charge in [-0.15, -0.1) is 4.99 Å². The zero-order valence-electron chi connectivity index (χ0n) is 18.4. The fourth-order valence-electron chi connectivity index (χ4n) is 3.18. The van der Waals surface area contributed by atoms with Crippen LogP contribution < -0.4 is 9.47 Å². The predicted molar refractivity (Wildman–Crippen MR) is 131 cm³/mol. The van der Waals surface area contributed by atoms with Gasteiger partial charge >= 0.3 is 5.23 Å². The number of methoxy groups -OCH3 is 1. The maximum Gasteiger partial charge on any atom is 0.414 e. The minimum absolute atomic E-state index is 0.0539. The molecule has 3 aromatic rings. The summed E-state index contributed by atoms with van der Waals surface area (Å²) in [6, 6.07) is 13.6. The molecule has 7 heteroatoms. The Morgan fingerprint density at radius 2 is 1.97 bits per heavy atom. The molecule has 0 amide bonds. The zero-order valence-corrected chi connectivity index (χ0v) is 19.4. The molecular weight excluding hydrogens is 408 g/mol. The fourth-order valence-corrected chi connectivity index (χ4v) is 3.40. The van der Waals surface area contributed by atoms with Crippen molar-refractivity contribution in [2.24, 2.45) is 4.99 Å². The van der Waals surface area contributed by atoms with Crippen LogP contribution in [0.3, 0.4) is 0 Å². The number of hydrogen-bond donors (Lipinski definition) is 1. The van der Waals surface area contributed by atoms with Crippen LogP contribution in [0.5, 0.6) is 11.5 Å². The van der Waals surface area contributed by atoms with E-state index in [1.807, 2.05) is 42.5 Å². The molecule has 0 spiro atoms. The fraction of sp³-hybridized carbons (Fsp3) is 0.292. The molecule has 0 bridgehead atoms. The van der Waals surface area contributed by atoms with E-state index in [-0.39, 0.29) is 11.1 Å². The highest BCUT2D eigenvalue weighted by atomic mass is 32.1. The predicted octanol–water partition coefficient (Wildman–Crippen LogP) is 3.82. The maximum absolute atomic E-state index is 8.31. The molecule has 0 atom stereocenters. The van der Waals surface area contributed by atoms with Crippen molar-refractivity contribution in [2.45, 2.75) is 20.3 Å². The van der Waals surface area contributed by atoms with Crippen molar-refractivity contribution >= 4 is 34.6 Å². The number of rotatable bonds is 7. The molecule has 0 saturated carbocycles. The average Bonchev–Trinajstić information content (AvgIpc) is 2.77. The molecule has 0 saturated heterocycles. The first-order valence-corrected chi connectivity index (χ1v) is 10.7. The molecule has 162 valence electrons. The largest absolute Gasteiger partial charge is 0.493 e. The number of likely N-dealkylation sites (N-methyl/N-ethyl adjacent to an activating group) is 1. The Morgan fingerprint density at radius 1 is 1.19 bits per heavy atom. The summed E-state index contributed by atoms with van der Waals surface area (Å²) in [7, 11) is 3.73. The van der Waals surface area contributed by atoms with E-state index in [0.717, 1.165) is 36.0 Å². The van der Waals surface area contributed by atoms with Gasteiger partial charge in [0.2, 0.25) is 0 Å². The molecular formula is C24H29N4O2S+. The van der Waals surface area contributed by atoms with Crippen LogP contribution in [-0.2, 0) is 19.0 Å². The monoisotopic (exact) mass is 437 g/mol. The molecule has 1 aromatic heterocycles. The van der Waals surface area contributed by atoms with Gasteiger partial charge in [0.25, 0.3) is 0 Å². The minimum Gasteiger partial charge on any atom is -0.493 e. The van der Waals surface area contributed by atoms with Crippen LogP contribution in [0.4, 0.5) is 0 Å². The third-order valence-electron chi connectivity index (χ3n) is 5.21. The molecule has 3 rings (SSSR count). The van der Waals surface area contributed by atoms with E-state index >= 15 is 0 Å². The van der Waals surface area contributed by atoms with E-state index in [0.29, 0.717) is 17.1 Å². The average molecular weight is 438 g/mol. The summed E-state index contributed by atoms with van der Waals surface area (Å²) in [5.74, 6) is 1.23. The number of aliphatic imine (C=N–C) groups is 1. The van der Waals surface area contributed by atoms with E-state index < -0.39 is 0 Å². The molecule has 0 aliphatic carbocycles. The van der Waals surface area contributed by atoms with Crippen LogP contribution in [-0.4, -0.2) is 48.2 Å². The number of nitrogens with one attached hydrogen (secondary N) is 1. The van der Waals surface area contributed by atoms with Gasteiger partial charge in [0.15, 0.2) is 17.3 Å². The molecule has 1 heterocycles. The summed E-state index contributed by atoms with van der Waals surface area (Å²) < 4.78 is 11.4. The first-order valence-electron chi connectivity index (χ1n) is 10.2. The summed E-state index contributed by atoms with van der Waals surface area (Å²) in [6.45, 7) is 6.19. The highest BCUT2D eigenvalue weighted by molar-refractivity contribution is 7.77. The summed E-state index contributed by atoms with van der Waals surface area (Å²) >= 11 is 3.39. The molecule has 0 radical (unpaired) electrons. The SMILES string of the molecule is CCN(C)CCc1cc(OC)c(OC([SH2+])=NC(=N)c2cnc3ccccc3c2)cc1C. The summed E-state index contributed by atoms with van der Waals surface area (Å²) in [4.78, 5) is 10.9. The number of para-hydroxylation sites is 1. The number of hydrogen-bond acceptors (Lipinski definition) is 5. The Kier molecular flexibility index (Phi) is 7.65. The van der Waals surface area contributed by atoms with Crippen LogP contribution in [0.25, 0.3) is 10.9 Å². The lowest BCUT2D eigenvalue weighted by Crippen LogP contribution is -2.20. The lowest BCUT2D eigenvalue weighted by atomic mass is 10.0. The van der Waals surface area contributed by atoms with Crippen LogP contribution in [0, 0.1) is 12.3 Å². The molecule has 0 aliphatic heterocycles. The number of nitrogens with zero attached hydrogens (tertiary/aromatic N) is 3. The molecule has 31 heavy (non-hydrogen) atoms. The van der Waals surface area contributed by atoms with E-state index in [1.54, 1.807) is 13.3 Å². The summed E-state index contributed by atoms with van der Waals surface area (Å²) in [5, 5.41) is 9.45. The van der Waals surface area contributed by atoms with Crippen molar-refractivity contribution < 1.29 is 9.47 Å². The Balaban J connectivity index is 1.77. The second-order valence-corrected chi connectivity index (χ2v) is 7.79. The van der Waals surface area contributed by atoms with Gasteiger partial charge in [0.05, 0.1) is 25.3 Å². The van der Waals surface area contributed by atoms with Gasteiger partial charge in [-0.25, -0.2) is 0 Å². The number of benzene rings is 2. The number of aryl methyl sites for hydroxylation is 1. The summed E-state index contributed by atoms with van der Waals surface area (Å²) in [6.07, 6.45) is 2.57. The molecule has 6 nitrogen and oxygen atoms in total. The maximum atomic E-state index is 8.31. The van der Waals surface area contributed by atoms with Gasteiger partial charge in [-0.05, 0) is 62.3 Å². The van der Waals surface area contributed by atoms with Crippen LogP contribution in [0.1, 0.15) is 23.6 Å². The normalized spacial score (nSPS) is 11.7. The van der Waals surface area contributed by atoms with Gasteiger partial charge in [-0.2, -0.15) is 0 Å². The molecule has 0 aliphatic rings. The van der Waals surface area contributed by atoms with E-state index in [9.17, 15) is 0 Å². The third kappa shape index (κ3) is 5.83. The first-order chi connectivity index (χ1) is 14.9. The van der Waals surface area contributed by atoms with Crippen molar-refractivity contribution in [3.8, 4) is 11.5 Å². The molecule has 1 N–H and O–H groups in total. The van der Waals surface area contributed by atoms with E-state index in [2.05, 4.69) is 48.4 Å². The second-order valence-electron chi connectivity index (χ2n) is 7.36. The Labute approximate surface area is 188 Å². The number of ether oxygens (including phenoxy) is 2.